The maximum atomic E-state index is 11.9. The Bertz CT molecular complexity index is 573. The zero-order chi connectivity index (χ0) is 13.5. The van der Waals surface area contributed by atoms with Crippen molar-refractivity contribution in [1.82, 2.24) is 0 Å². The van der Waals surface area contributed by atoms with E-state index in [4.69, 9.17) is 0 Å². The van der Waals surface area contributed by atoms with Gasteiger partial charge in [0.15, 0.2) is 0 Å². The number of carbonyl (C=O) groups is 1. The number of carbonyl (C=O) groups excluding carboxylic acids is 1. The standard InChI is InChI=1S/C17H17NO/c1-2-15-10-6-7-11-16(15)18-17(19)13-12-14-8-4-3-5-9-14/h3-13H,2H2,1H3,(H,18,19)/b13-12+. The molecule has 2 nitrogen and oxygen atoms in total. The third-order valence-electron chi connectivity index (χ3n) is 2.88. The van der Waals surface area contributed by atoms with E-state index in [0.29, 0.717) is 0 Å². The predicted octanol–water partition coefficient (Wildman–Crippen LogP) is 3.90. The van der Waals surface area contributed by atoms with Gasteiger partial charge in [0.2, 0.25) is 5.91 Å². The van der Waals surface area contributed by atoms with E-state index in [9.17, 15) is 4.79 Å². The molecule has 0 saturated heterocycles. The molecule has 0 fully saturated rings. The number of hydrogen-bond acceptors (Lipinski definition) is 1. The molecular weight excluding hydrogens is 234 g/mol. The van der Waals surface area contributed by atoms with Crippen LogP contribution in [-0.4, -0.2) is 5.91 Å². The summed E-state index contributed by atoms with van der Waals surface area (Å²) in [6, 6.07) is 17.6. The third kappa shape index (κ3) is 3.81. The molecule has 2 aromatic rings. The third-order valence-corrected chi connectivity index (χ3v) is 2.88. The van der Waals surface area contributed by atoms with E-state index in [2.05, 4.69) is 12.2 Å². The highest BCUT2D eigenvalue weighted by Crippen LogP contribution is 2.15. The first-order valence-electron chi connectivity index (χ1n) is 6.41. The first-order valence-corrected chi connectivity index (χ1v) is 6.41. The number of nitrogens with one attached hydrogen (secondary N) is 1. The number of para-hydroxylation sites is 1. The highest BCUT2D eigenvalue weighted by molar-refractivity contribution is 6.02. The van der Waals surface area contributed by atoms with Crippen LogP contribution in [0.25, 0.3) is 6.08 Å². The molecule has 96 valence electrons. The molecule has 1 N–H and O–H groups in total. The van der Waals surface area contributed by atoms with E-state index in [1.807, 2.05) is 60.7 Å². The summed E-state index contributed by atoms with van der Waals surface area (Å²) in [4.78, 5) is 11.9. The molecule has 0 aliphatic carbocycles. The van der Waals surface area contributed by atoms with Crippen molar-refractivity contribution in [2.45, 2.75) is 13.3 Å². The second-order valence-corrected chi connectivity index (χ2v) is 4.24. The number of amides is 1. The van der Waals surface area contributed by atoms with Gasteiger partial charge in [-0.2, -0.15) is 0 Å². The van der Waals surface area contributed by atoms with Crippen LogP contribution in [0.3, 0.4) is 0 Å². The summed E-state index contributed by atoms with van der Waals surface area (Å²) < 4.78 is 0. The van der Waals surface area contributed by atoms with Gasteiger partial charge in [0, 0.05) is 11.8 Å². The molecule has 0 aliphatic heterocycles. The lowest BCUT2D eigenvalue weighted by Crippen LogP contribution is -2.09. The molecule has 2 aromatic carbocycles. The zero-order valence-corrected chi connectivity index (χ0v) is 11.0. The minimum atomic E-state index is -0.107. The molecular formula is C17H17NO. The van der Waals surface area contributed by atoms with Gasteiger partial charge in [0.1, 0.15) is 0 Å². The minimum Gasteiger partial charge on any atom is -0.322 e. The highest BCUT2D eigenvalue weighted by atomic mass is 16.1. The smallest absolute Gasteiger partial charge is 0.248 e. The Morgan fingerprint density at radius 3 is 2.47 bits per heavy atom. The summed E-state index contributed by atoms with van der Waals surface area (Å²) in [7, 11) is 0. The molecule has 0 bridgehead atoms. The van der Waals surface area contributed by atoms with Crippen molar-refractivity contribution >= 4 is 17.7 Å². The van der Waals surface area contributed by atoms with Crippen LogP contribution >= 0.6 is 0 Å². The van der Waals surface area contributed by atoms with Gasteiger partial charge in [0.05, 0.1) is 0 Å². The molecule has 0 atom stereocenters. The Morgan fingerprint density at radius 2 is 1.74 bits per heavy atom. The Kier molecular flexibility index (Phi) is 4.51. The van der Waals surface area contributed by atoms with Crippen molar-refractivity contribution in [2.75, 3.05) is 5.32 Å². The molecule has 0 saturated carbocycles. The van der Waals surface area contributed by atoms with Gasteiger partial charge in [-0.05, 0) is 29.7 Å². The van der Waals surface area contributed by atoms with Gasteiger partial charge in [-0.3, -0.25) is 4.79 Å². The van der Waals surface area contributed by atoms with Crippen molar-refractivity contribution in [3.63, 3.8) is 0 Å². The molecule has 2 rings (SSSR count). The van der Waals surface area contributed by atoms with Gasteiger partial charge in [0.25, 0.3) is 0 Å². The summed E-state index contributed by atoms with van der Waals surface area (Å²) in [5, 5.41) is 2.91. The van der Waals surface area contributed by atoms with Gasteiger partial charge >= 0.3 is 0 Å². The molecule has 0 unspecified atom stereocenters. The number of aryl methyl sites for hydroxylation is 1. The summed E-state index contributed by atoms with van der Waals surface area (Å²) in [5.41, 5.74) is 3.04. The molecule has 0 aliphatic rings. The van der Waals surface area contributed by atoms with Crippen molar-refractivity contribution in [3.8, 4) is 0 Å². The Morgan fingerprint density at radius 1 is 1.05 bits per heavy atom. The minimum absolute atomic E-state index is 0.107. The Balaban J connectivity index is 2.04. The van der Waals surface area contributed by atoms with Crippen LogP contribution in [0.2, 0.25) is 0 Å². The van der Waals surface area contributed by atoms with Gasteiger partial charge in [-0.1, -0.05) is 55.5 Å². The quantitative estimate of drug-likeness (QED) is 0.820. The number of anilines is 1. The van der Waals surface area contributed by atoms with Gasteiger partial charge in [-0.15, -0.1) is 0 Å². The number of benzene rings is 2. The van der Waals surface area contributed by atoms with E-state index in [1.165, 1.54) is 0 Å². The summed E-state index contributed by atoms with van der Waals surface area (Å²) in [5.74, 6) is -0.107. The molecule has 0 spiro atoms. The highest BCUT2D eigenvalue weighted by Gasteiger charge is 2.01. The Labute approximate surface area is 113 Å². The Hall–Kier alpha value is -2.35. The van der Waals surface area contributed by atoms with Crippen molar-refractivity contribution < 1.29 is 4.79 Å². The molecule has 0 heterocycles. The first-order chi connectivity index (χ1) is 9.29. The van der Waals surface area contributed by atoms with Crippen LogP contribution in [-0.2, 0) is 11.2 Å². The number of rotatable bonds is 4. The van der Waals surface area contributed by atoms with Crippen molar-refractivity contribution in [1.29, 1.82) is 0 Å². The van der Waals surface area contributed by atoms with E-state index in [0.717, 1.165) is 23.2 Å². The fraction of sp³-hybridized carbons (Fsp3) is 0.118. The van der Waals surface area contributed by atoms with Gasteiger partial charge < -0.3 is 5.32 Å². The van der Waals surface area contributed by atoms with Crippen LogP contribution < -0.4 is 5.32 Å². The van der Waals surface area contributed by atoms with E-state index in [-0.39, 0.29) is 5.91 Å². The van der Waals surface area contributed by atoms with Crippen LogP contribution in [0.1, 0.15) is 18.1 Å². The van der Waals surface area contributed by atoms with E-state index >= 15 is 0 Å². The fourth-order valence-electron chi connectivity index (χ4n) is 1.86. The topological polar surface area (TPSA) is 29.1 Å². The largest absolute Gasteiger partial charge is 0.322 e. The second kappa shape index (κ2) is 6.55. The van der Waals surface area contributed by atoms with Gasteiger partial charge in [-0.25, -0.2) is 0 Å². The van der Waals surface area contributed by atoms with E-state index < -0.39 is 0 Å². The molecule has 2 heteroatoms. The maximum Gasteiger partial charge on any atom is 0.248 e. The monoisotopic (exact) mass is 251 g/mol. The fourth-order valence-corrected chi connectivity index (χ4v) is 1.86. The van der Waals surface area contributed by atoms with Crippen LogP contribution in [0.5, 0.6) is 0 Å². The predicted molar refractivity (Wildman–Crippen MR) is 79.9 cm³/mol. The molecule has 19 heavy (non-hydrogen) atoms. The normalized spacial score (nSPS) is 10.6. The maximum absolute atomic E-state index is 11.9. The number of hydrogen-bond donors (Lipinski definition) is 1. The SMILES string of the molecule is CCc1ccccc1NC(=O)/C=C/c1ccccc1. The lowest BCUT2D eigenvalue weighted by Gasteiger charge is -2.07. The molecule has 0 radical (unpaired) electrons. The lowest BCUT2D eigenvalue weighted by molar-refractivity contribution is -0.111. The van der Waals surface area contributed by atoms with Crippen LogP contribution in [0, 0.1) is 0 Å². The van der Waals surface area contributed by atoms with Crippen LogP contribution in [0.4, 0.5) is 5.69 Å². The lowest BCUT2D eigenvalue weighted by atomic mass is 10.1. The van der Waals surface area contributed by atoms with E-state index in [1.54, 1.807) is 6.08 Å². The summed E-state index contributed by atoms with van der Waals surface area (Å²) in [6.07, 6.45) is 4.27. The second-order valence-electron chi connectivity index (χ2n) is 4.24. The molecule has 0 aromatic heterocycles. The summed E-state index contributed by atoms with van der Waals surface area (Å²) in [6.45, 7) is 2.07. The van der Waals surface area contributed by atoms with Crippen molar-refractivity contribution in [2.24, 2.45) is 0 Å². The van der Waals surface area contributed by atoms with Crippen LogP contribution in [0.15, 0.2) is 60.7 Å². The summed E-state index contributed by atoms with van der Waals surface area (Å²) >= 11 is 0. The van der Waals surface area contributed by atoms with Crippen molar-refractivity contribution in [3.05, 3.63) is 71.8 Å². The average Bonchev–Trinajstić information content (AvgIpc) is 2.47. The zero-order valence-electron chi connectivity index (χ0n) is 11.0. The average molecular weight is 251 g/mol. The molecule has 1 amide bonds. The first kappa shape index (κ1) is 13.1.